The van der Waals surface area contributed by atoms with Crippen molar-refractivity contribution in [2.45, 2.75) is 19.8 Å². The molecule has 9 heteroatoms. The van der Waals surface area contributed by atoms with Gasteiger partial charge in [0.25, 0.3) is 5.56 Å². The number of hydrogen-bond acceptors (Lipinski definition) is 6. The highest BCUT2D eigenvalue weighted by Gasteiger charge is 2.12. The van der Waals surface area contributed by atoms with E-state index in [1.165, 1.54) is 11.3 Å². The first-order valence-electron chi connectivity index (χ1n) is 7.69. The second kappa shape index (κ2) is 6.10. The van der Waals surface area contributed by atoms with Gasteiger partial charge in [-0.2, -0.15) is 4.98 Å². The van der Waals surface area contributed by atoms with Crippen LogP contribution in [0.25, 0.3) is 16.0 Å². The van der Waals surface area contributed by atoms with Crippen molar-refractivity contribution in [3.63, 3.8) is 0 Å². The fraction of sp³-hybridized carbons (Fsp3) is 0.188. The maximum Gasteiger partial charge on any atom is 0.270 e. The number of benzene rings is 1. The molecule has 0 radical (unpaired) electrons. The van der Waals surface area contributed by atoms with E-state index >= 15 is 0 Å². The molecule has 4 rings (SSSR count). The van der Waals surface area contributed by atoms with Crippen molar-refractivity contribution in [2.24, 2.45) is 0 Å². The van der Waals surface area contributed by atoms with Gasteiger partial charge in [-0.05, 0) is 19.1 Å². The Bertz CT molecular complexity index is 1140. The summed E-state index contributed by atoms with van der Waals surface area (Å²) in [5.74, 6) is 0.00518. The number of nitrogens with zero attached hydrogens (tertiary/aromatic N) is 4. The number of nitrogens with one attached hydrogen (secondary N) is 2. The van der Waals surface area contributed by atoms with E-state index in [0.29, 0.717) is 16.7 Å². The van der Waals surface area contributed by atoms with Crippen molar-refractivity contribution in [1.29, 1.82) is 0 Å². The minimum absolute atomic E-state index is 0.125. The van der Waals surface area contributed by atoms with E-state index in [-0.39, 0.29) is 30.3 Å². The van der Waals surface area contributed by atoms with Crippen LogP contribution in [0.2, 0.25) is 0 Å². The van der Waals surface area contributed by atoms with Gasteiger partial charge in [-0.1, -0.05) is 12.1 Å². The Labute approximate surface area is 145 Å². The standard InChI is InChI=1S/C16H14N6O2S/c1-9-8-25-16-20-15(21-22(9)16)19-13(23)7-6-12-14(24)18-11-5-3-2-4-10(11)17-12/h2-5,8H,6-7H2,1H3,(H,18,24)(H,19,21,23). The van der Waals surface area contributed by atoms with Gasteiger partial charge in [-0.25, -0.2) is 9.50 Å². The number of aromatic amines is 1. The highest BCUT2D eigenvalue weighted by molar-refractivity contribution is 7.15. The number of fused-ring (bicyclic) bond motifs is 2. The average Bonchev–Trinajstić information content (AvgIpc) is 3.14. The van der Waals surface area contributed by atoms with Crippen molar-refractivity contribution >= 4 is 39.2 Å². The molecule has 126 valence electrons. The first-order valence-corrected chi connectivity index (χ1v) is 8.57. The summed E-state index contributed by atoms with van der Waals surface area (Å²) in [4.78, 5) is 36.2. The fourth-order valence-electron chi connectivity index (χ4n) is 2.50. The van der Waals surface area contributed by atoms with Gasteiger partial charge in [-0.3, -0.25) is 14.9 Å². The Kier molecular flexibility index (Phi) is 3.77. The zero-order chi connectivity index (χ0) is 17.4. The third kappa shape index (κ3) is 3.01. The lowest BCUT2D eigenvalue weighted by molar-refractivity contribution is -0.116. The van der Waals surface area contributed by atoms with Crippen molar-refractivity contribution in [3.8, 4) is 0 Å². The molecule has 1 amide bonds. The van der Waals surface area contributed by atoms with Crippen LogP contribution in [0.1, 0.15) is 17.8 Å². The zero-order valence-corrected chi connectivity index (χ0v) is 14.1. The summed E-state index contributed by atoms with van der Waals surface area (Å²) >= 11 is 1.46. The molecular weight excluding hydrogens is 340 g/mol. The second-order valence-electron chi connectivity index (χ2n) is 5.58. The molecule has 0 saturated heterocycles. The Balaban J connectivity index is 1.46. The highest BCUT2D eigenvalue weighted by Crippen LogP contribution is 2.15. The Morgan fingerprint density at radius 1 is 1.32 bits per heavy atom. The Hall–Kier alpha value is -3.07. The van der Waals surface area contributed by atoms with Crippen LogP contribution in [0.3, 0.4) is 0 Å². The number of rotatable bonds is 4. The lowest BCUT2D eigenvalue weighted by Crippen LogP contribution is -2.19. The molecule has 0 spiro atoms. The van der Waals surface area contributed by atoms with Gasteiger partial charge < -0.3 is 4.98 Å². The summed E-state index contributed by atoms with van der Waals surface area (Å²) in [7, 11) is 0. The summed E-state index contributed by atoms with van der Waals surface area (Å²) < 4.78 is 1.68. The molecule has 2 N–H and O–H groups in total. The normalized spacial score (nSPS) is 11.2. The number of carbonyl (C=O) groups is 1. The molecule has 0 aliphatic rings. The van der Waals surface area contributed by atoms with Crippen molar-refractivity contribution in [2.75, 3.05) is 5.32 Å². The molecule has 0 aliphatic heterocycles. The second-order valence-corrected chi connectivity index (χ2v) is 6.42. The number of amides is 1. The molecule has 3 aromatic heterocycles. The van der Waals surface area contributed by atoms with E-state index in [1.807, 2.05) is 30.5 Å². The number of carbonyl (C=O) groups excluding carboxylic acids is 1. The summed E-state index contributed by atoms with van der Waals surface area (Å²) in [6.07, 6.45) is 0.369. The highest BCUT2D eigenvalue weighted by atomic mass is 32.1. The molecule has 8 nitrogen and oxygen atoms in total. The topological polar surface area (TPSA) is 105 Å². The minimum Gasteiger partial charge on any atom is -0.319 e. The van der Waals surface area contributed by atoms with Crippen LogP contribution >= 0.6 is 11.3 Å². The molecular formula is C16H14N6O2S. The number of anilines is 1. The lowest BCUT2D eigenvalue weighted by atomic mass is 10.2. The van der Waals surface area contributed by atoms with Gasteiger partial charge in [-0.15, -0.1) is 16.4 Å². The van der Waals surface area contributed by atoms with E-state index < -0.39 is 0 Å². The molecule has 3 heterocycles. The van der Waals surface area contributed by atoms with Gasteiger partial charge in [0.1, 0.15) is 5.69 Å². The molecule has 25 heavy (non-hydrogen) atoms. The van der Waals surface area contributed by atoms with E-state index in [1.54, 1.807) is 10.6 Å². The minimum atomic E-state index is -0.275. The number of para-hydroxylation sites is 2. The predicted molar refractivity (Wildman–Crippen MR) is 94.9 cm³/mol. The number of aromatic nitrogens is 5. The summed E-state index contributed by atoms with van der Waals surface area (Å²) in [6, 6.07) is 7.29. The van der Waals surface area contributed by atoms with E-state index in [4.69, 9.17) is 0 Å². The zero-order valence-electron chi connectivity index (χ0n) is 13.3. The molecule has 4 aromatic rings. The number of H-pyrrole nitrogens is 1. The maximum absolute atomic E-state index is 12.1. The average molecular weight is 354 g/mol. The molecule has 0 fully saturated rings. The van der Waals surface area contributed by atoms with Gasteiger partial charge in [0.2, 0.25) is 16.8 Å². The quantitative estimate of drug-likeness (QED) is 0.582. The molecule has 0 unspecified atom stereocenters. The first kappa shape index (κ1) is 15.5. The smallest absolute Gasteiger partial charge is 0.270 e. The van der Waals surface area contributed by atoms with Crippen molar-refractivity contribution < 1.29 is 4.79 Å². The van der Waals surface area contributed by atoms with Crippen LogP contribution in [0.15, 0.2) is 34.4 Å². The van der Waals surface area contributed by atoms with Crippen LogP contribution in [0, 0.1) is 6.92 Å². The molecule has 1 aromatic carbocycles. The van der Waals surface area contributed by atoms with Gasteiger partial charge >= 0.3 is 0 Å². The van der Waals surface area contributed by atoms with Gasteiger partial charge in [0, 0.05) is 18.2 Å². The number of aryl methyl sites for hydroxylation is 2. The maximum atomic E-state index is 12.1. The molecule has 0 saturated carbocycles. The third-order valence-electron chi connectivity index (χ3n) is 3.76. The molecule has 0 bridgehead atoms. The SMILES string of the molecule is Cc1csc2nc(NC(=O)CCc3nc4ccccc4[nH]c3=O)nn12. The third-order valence-corrected chi connectivity index (χ3v) is 4.69. The van der Waals surface area contributed by atoms with Gasteiger partial charge in [0.05, 0.1) is 16.7 Å². The van der Waals surface area contributed by atoms with Crippen molar-refractivity contribution in [1.82, 2.24) is 24.6 Å². The Morgan fingerprint density at radius 3 is 3.00 bits per heavy atom. The number of hydrogen-bond donors (Lipinski definition) is 2. The van der Waals surface area contributed by atoms with Crippen LogP contribution in [-0.2, 0) is 11.2 Å². The monoisotopic (exact) mass is 354 g/mol. The first-order chi connectivity index (χ1) is 12.1. The number of thiazole rings is 1. The fourth-order valence-corrected chi connectivity index (χ4v) is 3.30. The van der Waals surface area contributed by atoms with Crippen LogP contribution in [-0.4, -0.2) is 30.5 Å². The van der Waals surface area contributed by atoms with Crippen LogP contribution in [0.5, 0.6) is 0 Å². The lowest BCUT2D eigenvalue weighted by Gasteiger charge is -2.03. The van der Waals surface area contributed by atoms with E-state index in [2.05, 4.69) is 25.4 Å². The Morgan fingerprint density at radius 2 is 2.16 bits per heavy atom. The van der Waals surface area contributed by atoms with Crippen LogP contribution in [0.4, 0.5) is 5.95 Å². The van der Waals surface area contributed by atoms with Gasteiger partial charge in [0.15, 0.2) is 0 Å². The summed E-state index contributed by atoms with van der Waals surface area (Å²) in [6.45, 7) is 1.92. The summed E-state index contributed by atoms with van der Waals surface area (Å²) in [5, 5.41) is 8.83. The van der Waals surface area contributed by atoms with E-state index in [9.17, 15) is 9.59 Å². The predicted octanol–water partition coefficient (Wildman–Crippen LogP) is 1.91. The molecule has 0 aliphatic carbocycles. The molecule has 0 atom stereocenters. The van der Waals surface area contributed by atoms with E-state index in [0.717, 1.165) is 10.7 Å². The largest absolute Gasteiger partial charge is 0.319 e. The van der Waals surface area contributed by atoms with Crippen molar-refractivity contribution in [3.05, 3.63) is 51.4 Å². The van der Waals surface area contributed by atoms with Crippen LogP contribution < -0.4 is 10.9 Å². The summed E-state index contributed by atoms with van der Waals surface area (Å²) in [5.41, 5.74) is 2.40.